The van der Waals surface area contributed by atoms with E-state index in [1.807, 2.05) is 0 Å². The second kappa shape index (κ2) is 16.8. The first-order chi connectivity index (χ1) is 14.6. The molecule has 0 bridgehead atoms. The Morgan fingerprint density at radius 3 is 2.00 bits per heavy atom. The number of rotatable bonds is 18. The lowest BCUT2D eigenvalue weighted by Crippen LogP contribution is -2.25. The quantitative estimate of drug-likeness (QED) is 0.216. The van der Waals surface area contributed by atoms with Crippen LogP contribution in [0.25, 0.3) is 0 Å². The number of ether oxygens (including phenoxy) is 5. The number of esters is 1. The molecule has 170 valence electrons. The minimum atomic E-state index is -1.17. The molecular formula is C22H34O8. The average molecular weight is 427 g/mol. The smallest absolute Gasteiger partial charge is 0.339 e. The Hall–Kier alpha value is -2.00. The number of hydrogen-bond donors (Lipinski definition) is 1. The highest BCUT2D eigenvalue weighted by atomic mass is 16.7. The van der Waals surface area contributed by atoms with Gasteiger partial charge in [0, 0.05) is 13.2 Å². The van der Waals surface area contributed by atoms with Gasteiger partial charge < -0.3 is 28.8 Å². The van der Waals surface area contributed by atoms with Crippen molar-refractivity contribution in [2.45, 2.75) is 45.8 Å². The molecule has 1 N–H and O–H groups in total. The van der Waals surface area contributed by atoms with Crippen LogP contribution in [-0.4, -0.2) is 69.6 Å². The molecule has 0 aliphatic heterocycles. The molecule has 0 aromatic heterocycles. The molecule has 0 saturated heterocycles. The van der Waals surface area contributed by atoms with Crippen molar-refractivity contribution in [3.8, 4) is 0 Å². The molecule has 0 radical (unpaired) electrons. The van der Waals surface area contributed by atoms with E-state index >= 15 is 0 Å². The molecule has 0 aliphatic rings. The summed E-state index contributed by atoms with van der Waals surface area (Å²) in [5.41, 5.74) is -0.0702. The van der Waals surface area contributed by atoms with Crippen molar-refractivity contribution in [3.63, 3.8) is 0 Å². The summed E-state index contributed by atoms with van der Waals surface area (Å²) in [5.74, 6) is -1.87. The molecule has 0 atom stereocenters. The van der Waals surface area contributed by atoms with Gasteiger partial charge in [0.25, 0.3) is 0 Å². The summed E-state index contributed by atoms with van der Waals surface area (Å²) in [7, 11) is 0. The molecule has 8 nitrogen and oxygen atoms in total. The molecule has 0 amide bonds. The zero-order valence-corrected chi connectivity index (χ0v) is 18.0. The van der Waals surface area contributed by atoms with Crippen molar-refractivity contribution in [2.24, 2.45) is 0 Å². The molecule has 1 aromatic rings. The van der Waals surface area contributed by atoms with Gasteiger partial charge in [-0.15, -0.1) is 0 Å². The van der Waals surface area contributed by atoms with Crippen LogP contribution in [0.15, 0.2) is 24.3 Å². The van der Waals surface area contributed by atoms with Crippen LogP contribution in [0.2, 0.25) is 0 Å². The van der Waals surface area contributed by atoms with Crippen LogP contribution < -0.4 is 0 Å². The highest BCUT2D eigenvalue weighted by Crippen LogP contribution is 2.10. The maximum absolute atomic E-state index is 12.0. The molecule has 8 heteroatoms. The van der Waals surface area contributed by atoms with Gasteiger partial charge in [0.15, 0.2) is 6.29 Å². The van der Waals surface area contributed by atoms with Crippen molar-refractivity contribution in [1.82, 2.24) is 0 Å². The Balaban J connectivity index is 2.16. The Bertz CT molecular complexity index is 595. The summed E-state index contributed by atoms with van der Waals surface area (Å²) < 4.78 is 27.4. The van der Waals surface area contributed by atoms with E-state index in [0.29, 0.717) is 33.0 Å². The molecule has 0 saturated carbocycles. The van der Waals surface area contributed by atoms with E-state index in [9.17, 15) is 9.59 Å². The molecule has 0 aliphatic carbocycles. The van der Waals surface area contributed by atoms with E-state index in [2.05, 4.69) is 13.8 Å². The maximum Gasteiger partial charge on any atom is 0.339 e. The fourth-order valence-corrected chi connectivity index (χ4v) is 2.38. The highest BCUT2D eigenvalue weighted by molar-refractivity contribution is 6.02. The Morgan fingerprint density at radius 1 is 0.833 bits per heavy atom. The van der Waals surface area contributed by atoms with Gasteiger partial charge in [-0.05, 0) is 25.0 Å². The molecule has 1 aromatic carbocycles. The monoisotopic (exact) mass is 426 g/mol. The van der Waals surface area contributed by atoms with Crippen LogP contribution in [-0.2, 0) is 23.7 Å². The molecule has 0 unspecified atom stereocenters. The number of unbranched alkanes of at least 4 members (excludes halogenated alkanes) is 2. The van der Waals surface area contributed by atoms with Crippen LogP contribution in [0.3, 0.4) is 0 Å². The van der Waals surface area contributed by atoms with Gasteiger partial charge in [-0.2, -0.15) is 0 Å². The average Bonchev–Trinajstić information content (AvgIpc) is 2.75. The lowest BCUT2D eigenvalue weighted by atomic mass is 10.1. The summed E-state index contributed by atoms with van der Waals surface area (Å²) >= 11 is 0. The standard InChI is InChI=1S/C22H34O8/c1-3-5-11-28-20(29-12-6-4-2)17-27-14-13-26-15-16-30-22(25)19-10-8-7-9-18(19)21(23)24/h7-10,20H,3-6,11-17H2,1-2H3,(H,23,24). The summed E-state index contributed by atoms with van der Waals surface area (Å²) in [6.45, 7) is 6.73. The van der Waals surface area contributed by atoms with Crippen molar-refractivity contribution >= 4 is 11.9 Å². The second-order valence-electron chi connectivity index (χ2n) is 6.55. The minimum absolute atomic E-state index is 0.0190. The molecule has 0 spiro atoms. The number of carbonyl (C=O) groups is 2. The third-order valence-corrected chi connectivity index (χ3v) is 4.07. The zero-order valence-electron chi connectivity index (χ0n) is 18.0. The van der Waals surface area contributed by atoms with Gasteiger partial charge in [0.1, 0.15) is 6.61 Å². The molecule has 1 rings (SSSR count). The maximum atomic E-state index is 12.0. The summed E-state index contributed by atoms with van der Waals surface area (Å²) in [6.07, 6.45) is 3.70. The minimum Gasteiger partial charge on any atom is -0.478 e. The lowest BCUT2D eigenvalue weighted by molar-refractivity contribution is -0.175. The van der Waals surface area contributed by atoms with E-state index in [4.69, 9.17) is 28.8 Å². The van der Waals surface area contributed by atoms with Crippen LogP contribution in [0.5, 0.6) is 0 Å². The number of carbonyl (C=O) groups excluding carboxylic acids is 1. The first kappa shape index (κ1) is 26.0. The van der Waals surface area contributed by atoms with Gasteiger partial charge in [0.2, 0.25) is 0 Å². The first-order valence-electron chi connectivity index (χ1n) is 10.5. The van der Waals surface area contributed by atoms with Crippen molar-refractivity contribution in [1.29, 1.82) is 0 Å². The van der Waals surface area contributed by atoms with Gasteiger partial charge in [-0.3, -0.25) is 0 Å². The topological polar surface area (TPSA) is 101 Å². The van der Waals surface area contributed by atoms with E-state index in [0.717, 1.165) is 25.7 Å². The van der Waals surface area contributed by atoms with Crippen molar-refractivity contribution in [2.75, 3.05) is 46.2 Å². The third kappa shape index (κ3) is 11.3. The van der Waals surface area contributed by atoms with E-state index in [1.165, 1.54) is 12.1 Å². The van der Waals surface area contributed by atoms with Crippen molar-refractivity contribution < 1.29 is 38.4 Å². The predicted octanol–water partition coefficient (Wildman–Crippen LogP) is 3.53. The summed E-state index contributed by atoms with van der Waals surface area (Å²) in [5, 5.41) is 9.10. The van der Waals surface area contributed by atoms with Crippen LogP contribution >= 0.6 is 0 Å². The molecular weight excluding hydrogens is 392 g/mol. The number of aromatic carboxylic acids is 1. The fraction of sp³-hybridized carbons (Fsp3) is 0.636. The Morgan fingerprint density at radius 2 is 1.40 bits per heavy atom. The highest BCUT2D eigenvalue weighted by Gasteiger charge is 2.16. The van der Waals surface area contributed by atoms with E-state index in [1.54, 1.807) is 12.1 Å². The summed E-state index contributed by atoms with van der Waals surface area (Å²) in [4.78, 5) is 23.1. The number of carboxylic acid groups (broad SMARTS) is 1. The Labute approximate surface area is 178 Å². The molecule has 30 heavy (non-hydrogen) atoms. The zero-order chi connectivity index (χ0) is 22.0. The van der Waals surface area contributed by atoms with E-state index < -0.39 is 11.9 Å². The van der Waals surface area contributed by atoms with Crippen LogP contribution in [0.1, 0.15) is 60.2 Å². The van der Waals surface area contributed by atoms with Gasteiger partial charge in [0.05, 0.1) is 37.6 Å². The largest absolute Gasteiger partial charge is 0.478 e. The van der Waals surface area contributed by atoms with Gasteiger partial charge in [-0.25, -0.2) is 9.59 Å². The normalized spacial score (nSPS) is 11.0. The first-order valence-corrected chi connectivity index (χ1v) is 10.5. The Kier molecular flexibility index (Phi) is 14.5. The number of hydrogen-bond acceptors (Lipinski definition) is 7. The lowest BCUT2D eigenvalue weighted by Gasteiger charge is -2.18. The van der Waals surface area contributed by atoms with E-state index in [-0.39, 0.29) is 30.6 Å². The van der Waals surface area contributed by atoms with Crippen molar-refractivity contribution in [3.05, 3.63) is 35.4 Å². The summed E-state index contributed by atoms with van der Waals surface area (Å²) in [6, 6.07) is 5.92. The molecule has 0 heterocycles. The molecule has 0 fully saturated rings. The predicted molar refractivity (Wildman–Crippen MR) is 111 cm³/mol. The third-order valence-electron chi connectivity index (χ3n) is 4.07. The van der Waals surface area contributed by atoms with Gasteiger partial charge >= 0.3 is 11.9 Å². The van der Waals surface area contributed by atoms with Crippen LogP contribution in [0.4, 0.5) is 0 Å². The SMILES string of the molecule is CCCCOC(COCCOCCOC(=O)c1ccccc1C(=O)O)OCCCC. The number of benzene rings is 1. The number of carboxylic acids is 1. The second-order valence-corrected chi connectivity index (χ2v) is 6.55. The fourth-order valence-electron chi connectivity index (χ4n) is 2.38. The van der Waals surface area contributed by atoms with Crippen LogP contribution in [0, 0.1) is 0 Å². The van der Waals surface area contributed by atoms with Gasteiger partial charge in [-0.1, -0.05) is 38.8 Å².